The third kappa shape index (κ3) is 6.70. The second-order valence-electron chi connectivity index (χ2n) is 2.93. The molecule has 5 nitrogen and oxygen atoms in total. The largest absolute Gasteiger partial charge is 0.465 e. The first-order valence-electron chi connectivity index (χ1n) is 4.57. The summed E-state index contributed by atoms with van der Waals surface area (Å²) in [5.41, 5.74) is 7.32. The summed E-state index contributed by atoms with van der Waals surface area (Å²) >= 11 is 5.30. The van der Waals surface area contributed by atoms with E-state index in [2.05, 4.69) is 4.74 Å². The zero-order valence-electron chi connectivity index (χ0n) is 8.53. The van der Waals surface area contributed by atoms with Crippen LogP contribution in [0.3, 0.4) is 0 Å². The van der Waals surface area contributed by atoms with Crippen LogP contribution >= 0.6 is 11.6 Å². The van der Waals surface area contributed by atoms with Crippen LogP contribution in [0.25, 0.3) is 0 Å². The maximum absolute atomic E-state index is 11.2. The minimum atomic E-state index is -3.23. The molecule has 0 aromatic carbocycles. The molecule has 1 atom stereocenters. The summed E-state index contributed by atoms with van der Waals surface area (Å²) in [5, 5.41) is 0. The van der Waals surface area contributed by atoms with Gasteiger partial charge in [-0.1, -0.05) is 0 Å². The summed E-state index contributed by atoms with van der Waals surface area (Å²) in [4.78, 5) is 11.0. The standard InChI is InChI=1S/C8H15ClNO4S/c1-2-14-8(11)7(10)3-5-15(12,13)6-4-9/h7,10H,2-6H2,1H3. The van der Waals surface area contributed by atoms with Gasteiger partial charge in [-0.25, -0.2) is 14.2 Å². The number of sulfone groups is 1. The van der Waals surface area contributed by atoms with E-state index in [0.717, 1.165) is 0 Å². The molecule has 0 fully saturated rings. The number of carbonyl (C=O) groups excluding carboxylic acids is 1. The van der Waals surface area contributed by atoms with Gasteiger partial charge in [0.05, 0.1) is 18.1 Å². The predicted octanol–water partition coefficient (Wildman–Crippen LogP) is 0.245. The van der Waals surface area contributed by atoms with E-state index in [4.69, 9.17) is 17.3 Å². The van der Waals surface area contributed by atoms with Gasteiger partial charge in [0.25, 0.3) is 0 Å². The fraction of sp³-hybridized carbons (Fsp3) is 0.875. The summed E-state index contributed by atoms with van der Waals surface area (Å²) in [6.45, 7) is 1.83. The molecule has 0 amide bonds. The average Bonchev–Trinajstić information content (AvgIpc) is 2.14. The molecule has 7 heteroatoms. The lowest BCUT2D eigenvalue weighted by atomic mass is 10.2. The first kappa shape index (κ1) is 14.7. The first-order chi connectivity index (χ1) is 6.93. The molecule has 0 aliphatic carbocycles. The van der Waals surface area contributed by atoms with Gasteiger partial charge >= 0.3 is 5.97 Å². The quantitative estimate of drug-likeness (QED) is 0.483. The number of hydrogen-bond donors (Lipinski definition) is 0. The fourth-order valence-electron chi connectivity index (χ4n) is 0.878. The molecule has 15 heavy (non-hydrogen) atoms. The van der Waals surface area contributed by atoms with E-state index in [-0.39, 0.29) is 30.4 Å². The molecule has 0 aliphatic rings. The maximum Gasteiger partial charge on any atom is 0.324 e. The molecule has 89 valence electrons. The van der Waals surface area contributed by atoms with Gasteiger partial charge in [-0.15, -0.1) is 11.6 Å². The molecular formula is C8H15ClNO4S. The van der Waals surface area contributed by atoms with Gasteiger partial charge in [0.2, 0.25) is 0 Å². The summed E-state index contributed by atoms with van der Waals surface area (Å²) in [5.74, 6) is -0.972. The van der Waals surface area contributed by atoms with E-state index in [1.165, 1.54) is 0 Å². The first-order valence-corrected chi connectivity index (χ1v) is 6.92. The number of nitrogens with one attached hydrogen (secondary N) is 1. The highest BCUT2D eigenvalue weighted by atomic mass is 35.5. The zero-order chi connectivity index (χ0) is 11.9. The highest BCUT2D eigenvalue weighted by molar-refractivity contribution is 7.91. The van der Waals surface area contributed by atoms with Gasteiger partial charge in [-0.3, -0.25) is 4.79 Å². The van der Waals surface area contributed by atoms with Crippen molar-refractivity contribution in [3.8, 4) is 0 Å². The van der Waals surface area contributed by atoms with Crippen molar-refractivity contribution in [1.82, 2.24) is 5.73 Å². The van der Waals surface area contributed by atoms with Gasteiger partial charge in [-0.05, 0) is 13.3 Å². The van der Waals surface area contributed by atoms with Crippen molar-refractivity contribution in [2.45, 2.75) is 19.4 Å². The van der Waals surface area contributed by atoms with E-state index in [1.54, 1.807) is 6.92 Å². The van der Waals surface area contributed by atoms with Crippen LogP contribution in [-0.2, 0) is 19.4 Å². The monoisotopic (exact) mass is 256 g/mol. The van der Waals surface area contributed by atoms with Crippen LogP contribution in [0, 0.1) is 0 Å². The van der Waals surface area contributed by atoms with Crippen molar-refractivity contribution in [2.24, 2.45) is 0 Å². The van der Waals surface area contributed by atoms with Crippen molar-refractivity contribution < 1.29 is 17.9 Å². The Labute approximate surface area is 94.8 Å². The molecule has 0 heterocycles. The molecular weight excluding hydrogens is 242 g/mol. The van der Waals surface area contributed by atoms with E-state index in [0.29, 0.717) is 0 Å². The van der Waals surface area contributed by atoms with Crippen LogP contribution in [0.4, 0.5) is 0 Å². The van der Waals surface area contributed by atoms with Gasteiger partial charge in [0, 0.05) is 5.88 Å². The van der Waals surface area contributed by atoms with E-state index >= 15 is 0 Å². The lowest BCUT2D eigenvalue weighted by Crippen LogP contribution is -2.28. The number of halogens is 1. The lowest BCUT2D eigenvalue weighted by Gasteiger charge is -2.09. The number of alkyl halides is 1. The Morgan fingerprint density at radius 2 is 2.07 bits per heavy atom. The third-order valence-electron chi connectivity index (χ3n) is 1.68. The average molecular weight is 257 g/mol. The molecule has 0 saturated carbocycles. The highest BCUT2D eigenvalue weighted by Crippen LogP contribution is 2.01. The molecule has 0 spiro atoms. The second kappa shape index (κ2) is 7.03. The van der Waals surface area contributed by atoms with Gasteiger partial charge < -0.3 is 4.74 Å². The lowest BCUT2D eigenvalue weighted by molar-refractivity contribution is -0.144. The fourth-order valence-corrected chi connectivity index (χ4v) is 2.62. The minimum absolute atomic E-state index is 0.0321. The van der Waals surface area contributed by atoms with Crippen LogP contribution in [0.2, 0.25) is 0 Å². The Morgan fingerprint density at radius 1 is 1.47 bits per heavy atom. The van der Waals surface area contributed by atoms with Crippen molar-refractivity contribution in [3.63, 3.8) is 0 Å². The molecule has 0 aromatic heterocycles. The Hall–Kier alpha value is -0.330. The van der Waals surface area contributed by atoms with E-state index < -0.39 is 21.8 Å². The molecule has 1 unspecified atom stereocenters. The van der Waals surface area contributed by atoms with Crippen LogP contribution in [0.1, 0.15) is 13.3 Å². The van der Waals surface area contributed by atoms with Crippen molar-refractivity contribution in [3.05, 3.63) is 0 Å². The second-order valence-corrected chi connectivity index (χ2v) is 5.62. The predicted molar refractivity (Wildman–Crippen MR) is 57.5 cm³/mol. The van der Waals surface area contributed by atoms with Crippen molar-refractivity contribution in [1.29, 1.82) is 0 Å². The molecule has 0 saturated heterocycles. The van der Waals surface area contributed by atoms with E-state index in [9.17, 15) is 13.2 Å². The van der Waals surface area contributed by atoms with Crippen LogP contribution < -0.4 is 5.73 Å². The number of esters is 1. The summed E-state index contributed by atoms with van der Waals surface area (Å²) in [6.07, 6.45) is -0.0436. The Morgan fingerprint density at radius 3 is 2.53 bits per heavy atom. The molecule has 0 bridgehead atoms. The van der Waals surface area contributed by atoms with Gasteiger partial charge in [-0.2, -0.15) is 0 Å². The Balaban J connectivity index is 4.00. The SMILES string of the molecule is CCOC(=O)C([NH])CCS(=O)(=O)CCCl. The minimum Gasteiger partial charge on any atom is -0.465 e. The highest BCUT2D eigenvalue weighted by Gasteiger charge is 2.19. The van der Waals surface area contributed by atoms with E-state index in [1.807, 2.05) is 0 Å². The number of ether oxygens (including phenoxy) is 1. The van der Waals surface area contributed by atoms with Crippen LogP contribution in [0.5, 0.6) is 0 Å². The van der Waals surface area contributed by atoms with Crippen LogP contribution in [-0.4, -0.2) is 44.4 Å². The van der Waals surface area contributed by atoms with Crippen molar-refractivity contribution >= 4 is 27.4 Å². The number of rotatable bonds is 7. The molecule has 0 rings (SSSR count). The van der Waals surface area contributed by atoms with Crippen molar-refractivity contribution in [2.75, 3.05) is 24.0 Å². The summed E-state index contributed by atoms with van der Waals surface area (Å²) in [6, 6.07) is -1.13. The maximum atomic E-state index is 11.2. The topological polar surface area (TPSA) is 84.2 Å². The number of carbonyl (C=O) groups is 1. The Bertz CT molecular complexity index is 291. The summed E-state index contributed by atoms with van der Waals surface area (Å²) in [7, 11) is -3.23. The van der Waals surface area contributed by atoms with Gasteiger partial charge in [0.15, 0.2) is 9.84 Å². The third-order valence-corrected chi connectivity index (χ3v) is 3.77. The van der Waals surface area contributed by atoms with Gasteiger partial charge in [0.1, 0.15) is 6.04 Å². The molecule has 1 N–H and O–H groups in total. The Kier molecular flexibility index (Phi) is 6.87. The van der Waals surface area contributed by atoms with Crippen LogP contribution in [0.15, 0.2) is 0 Å². The molecule has 1 radical (unpaired) electrons. The summed E-state index contributed by atoms with van der Waals surface area (Å²) < 4.78 is 27.0. The smallest absolute Gasteiger partial charge is 0.324 e. The normalized spacial score (nSPS) is 13.5. The molecule has 0 aromatic rings. The molecule has 0 aliphatic heterocycles. The number of hydrogen-bond acceptors (Lipinski definition) is 4. The zero-order valence-corrected chi connectivity index (χ0v) is 10.1.